The van der Waals surface area contributed by atoms with Crippen molar-refractivity contribution in [2.24, 2.45) is 0 Å². The Hall–Kier alpha value is -2.50. The molecule has 0 saturated carbocycles. The summed E-state index contributed by atoms with van der Waals surface area (Å²) < 4.78 is 14.1. The summed E-state index contributed by atoms with van der Waals surface area (Å²) in [5, 5.41) is 2.70. The van der Waals surface area contributed by atoms with E-state index in [0.717, 1.165) is 5.56 Å². The van der Waals surface area contributed by atoms with Gasteiger partial charge in [-0.15, -0.1) is 0 Å². The highest BCUT2D eigenvalue weighted by Crippen LogP contribution is 2.03. The molecule has 0 bridgehead atoms. The van der Waals surface area contributed by atoms with Crippen molar-refractivity contribution in [2.45, 2.75) is 13.0 Å². The first-order valence-electron chi connectivity index (χ1n) is 6.18. The molecule has 0 aliphatic carbocycles. The van der Waals surface area contributed by atoms with Crippen LogP contribution in [-0.2, 0) is 17.8 Å². The second kappa shape index (κ2) is 6.60. The van der Waals surface area contributed by atoms with E-state index in [-0.39, 0.29) is 23.8 Å². The van der Waals surface area contributed by atoms with Crippen LogP contribution in [0.2, 0.25) is 0 Å². The number of rotatable bonds is 5. The van der Waals surface area contributed by atoms with E-state index in [1.165, 1.54) is 22.9 Å². The number of carbonyl (C=O) groups excluding carboxylic acids is 1. The maximum atomic E-state index is 12.7. The van der Waals surface area contributed by atoms with Gasteiger partial charge in [0.1, 0.15) is 5.82 Å². The van der Waals surface area contributed by atoms with E-state index in [0.29, 0.717) is 13.1 Å². The minimum absolute atomic E-state index is 0.173. The highest BCUT2D eigenvalue weighted by molar-refractivity contribution is 5.78. The summed E-state index contributed by atoms with van der Waals surface area (Å²) in [4.78, 5) is 26.6. The Labute approximate surface area is 115 Å². The minimum Gasteiger partial charge on any atom is -0.354 e. The van der Waals surface area contributed by atoms with Gasteiger partial charge in [0.25, 0.3) is 0 Å². The van der Waals surface area contributed by atoms with Crippen molar-refractivity contribution >= 4 is 5.91 Å². The maximum absolute atomic E-state index is 12.7. The average molecular weight is 275 g/mol. The van der Waals surface area contributed by atoms with Crippen LogP contribution in [0.3, 0.4) is 0 Å². The molecule has 0 atom stereocenters. The van der Waals surface area contributed by atoms with Crippen LogP contribution in [0.5, 0.6) is 0 Å². The molecule has 6 heteroatoms. The molecule has 1 amide bonds. The Morgan fingerprint density at radius 2 is 2.05 bits per heavy atom. The summed E-state index contributed by atoms with van der Waals surface area (Å²) in [5.41, 5.74) is 0.391. The molecule has 2 rings (SSSR count). The maximum Gasteiger partial charge on any atom is 0.347 e. The molecule has 2 aromatic rings. The van der Waals surface area contributed by atoms with E-state index in [1.54, 1.807) is 24.4 Å². The molecule has 0 saturated heterocycles. The lowest BCUT2D eigenvalue weighted by Gasteiger charge is -2.07. The number of carbonyl (C=O) groups is 1. The van der Waals surface area contributed by atoms with Crippen molar-refractivity contribution in [3.05, 3.63) is 64.6 Å². The normalized spacial score (nSPS) is 10.2. The molecule has 1 aromatic carbocycles. The molecule has 104 valence electrons. The van der Waals surface area contributed by atoms with Gasteiger partial charge in [0.05, 0.1) is 6.42 Å². The number of halogens is 1. The number of aromatic nitrogens is 2. The fraction of sp³-hybridized carbons (Fsp3) is 0.214. The number of benzene rings is 1. The predicted molar refractivity (Wildman–Crippen MR) is 71.6 cm³/mol. The van der Waals surface area contributed by atoms with Crippen molar-refractivity contribution in [2.75, 3.05) is 6.54 Å². The molecular formula is C14H14FN3O2. The van der Waals surface area contributed by atoms with Crippen LogP contribution in [0.4, 0.5) is 4.39 Å². The van der Waals surface area contributed by atoms with E-state index in [4.69, 9.17) is 0 Å². The molecule has 0 unspecified atom stereocenters. The molecule has 0 aliphatic rings. The molecule has 1 aromatic heterocycles. The molecule has 1 heterocycles. The van der Waals surface area contributed by atoms with Crippen LogP contribution in [-0.4, -0.2) is 22.0 Å². The summed E-state index contributed by atoms with van der Waals surface area (Å²) in [7, 11) is 0. The molecule has 0 aliphatic heterocycles. The van der Waals surface area contributed by atoms with Crippen LogP contribution < -0.4 is 11.0 Å². The Morgan fingerprint density at radius 1 is 1.30 bits per heavy atom. The van der Waals surface area contributed by atoms with Crippen LogP contribution in [0.25, 0.3) is 0 Å². The fourth-order valence-corrected chi connectivity index (χ4v) is 1.72. The minimum atomic E-state index is -0.347. The van der Waals surface area contributed by atoms with Crippen molar-refractivity contribution in [3.63, 3.8) is 0 Å². The second-order valence-electron chi connectivity index (χ2n) is 4.25. The standard InChI is InChI=1S/C14H14FN3O2/c15-12-4-2-11(3-5-12)10-13(19)16-7-9-18-8-1-6-17-14(18)20/h1-6,8H,7,9-10H2,(H,16,19). The van der Waals surface area contributed by atoms with E-state index >= 15 is 0 Å². The lowest BCUT2D eigenvalue weighted by molar-refractivity contribution is -0.120. The number of nitrogens with one attached hydrogen (secondary N) is 1. The summed E-state index contributed by atoms with van der Waals surface area (Å²) in [6, 6.07) is 7.43. The monoisotopic (exact) mass is 275 g/mol. The van der Waals surface area contributed by atoms with Gasteiger partial charge >= 0.3 is 5.69 Å². The van der Waals surface area contributed by atoms with Gasteiger partial charge in [-0.1, -0.05) is 12.1 Å². The van der Waals surface area contributed by atoms with Crippen molar-refractivity contribution in [1.82, 2.24) is 14.9 Å². The smallest absolute Gasteiger partial charge is 0.347 e. The van der Waals surface area contributed by atoms with E-state index in [1.807, 2.05) is 0 Å². The number of amides is 1. The zero-order valence-corrected chi connectivity index (χ0v) is 10.8. The molecule has 0 radical (unpaired) electrons. The fourth-order valence-electron chi connectivity index (χ4n) is 1.72. The first kappa shape index (κ1) is 13.9. The number of nitrogens with zero attached hydrogens (tertiary/aromatic N) is 2. The van der Waals surface area contributed by atoms with Crippen molar-refractivity contribution < 1.29 is 9.18 Å². The number of hydrogen-bond acceptors (Lipinski definition) is 3. The molecule has 20 heavy (non-hydrogen) atoms. The largest absolute Gasteiger partial charge is 0.354 e. The van der Waals surface area contributed by atoms with Gasteiger partial charge in [-0.05, 0) is 23.8 Å². The first-order valence-corrected chi connectivity index (χ1v) is 6.18. The highest BCUT2D eigenvalue weighted by Gasteiger charge is 2.03. The van der Waals surface area contributed by atoms with Gasteiger partial charge in [-0.25, -0.2) is 14.2 Å². The van der Waals surface area contributed by atoms with E-state index in [9.17, 15) is 14.0 Å². The summed E-state index contributed by atoms with van der Waals surface area (Å²) in [5.74, 6) is -0.501. The lowest BCUT2D eigenvalue weighted by atomic mass is 10.1. The van der Waals surface area contributed by atoms with E-state index < -0.39 is 0 Å². The number of hydrogen-bond donors (Lipinski definition) is 1. The van der Waals surface area contributed by atoms with Gasteiger partial charge in [0, 0.05) is 25.5 Å². The summed E-state index contributed by atoms with van der Waals surface area (Å²) in [6.07, 6.45) is 3.22. The van der Waals surface area contributed by atoms with Gasteiger partial charge in [0.15, 0.2) is 0 Å². The Balaban J connectivity index is 1.80. The Kier molecular flexibility index (Phi) is 4.60. The van der Waals surface area contributed by atoms with Gasteiger partial charge in [-0.3, -0.25) is 9.36 Å². The molecule has 0 spiro atoms. The SMILES string of the molecule is O=C(Cc1ccc(F)cc1)NCCn1cccnc1=O. The molecule has 0 fully saturated rings. The van der Waals surface area contributed by atoms with Crippen LogP contribution in [0, 0.1) is 5.82 Å². The quantitative estimate of drug-likeness (QED) is 0.875. The van der Waals surface area contributed by atoms with Crippen LogP contribution in [0.15, 0.2) is 47.5 Å². The average Bonchev–Trinajstić information content (AvgIpc) is 2.43. The lowest BCUT2D eigenvalue weighted by Crippen LogP contribution is -2.32. The Morgan fingerprint density at radius 3 is 2.75 bits per heavy atom. The zero-order valence-electron chi connectivity index (χ0n) is 10.8. The third kappa shape index (κ3) is 4.01. The second-order valence-corrected chi connectivity index (χ2v) is 4.25. The molecular weight excluding hydrogens is 261 g/mol. The molecule has 1 N–H and O–H groups in total. The van der Waals surface area contributed by atoms with E-state index in [2.05, 4.69) is 10.3 Å². The third-order valence-corrected chi connectivity index (χ3v) is 2.74. The van der Waals surface area contributed by atoms with Crippen molar-refractivity contribution in [3.8, 4) is 0 Å². The molecule has 5 nitrogen and oxygen atoms in total. The van der Waals surface area contributed by atoms with Gasteiger partial charge in [0.2, 0.25) is 5.91 Å². The topological polar surface area (TPSA) is 64.0 Å². The summed E-state index contributed by atoms with van der Waals surface area (Å²) >= 11 is 0. The Bertz CT molecular complexity index is 637. The van der Waals surface area contributed by atoms with Crippen molar-refractivity contribution in [1.29, 1.82) is 0 Å². The first-order chi connectivity index (χ1) is 9.65. The van der Waals surface area contributed by atoms with Crippen LogP contribution >= 0.6 is 0 Å². The predicted octanol–water partition coefficient (Wildman–Crippen LogP) is 0.741. The third-order valence-electron chi connectivity index (χ3n) is 2.74. The summed E-state index contributed by atoms with van der Waals surface area (Å²) in [6.45, 7) is 0.702. The van der Waals surface area contributed by atoms with Crippen LogP contribution in [0.1, 0.15) is 5.56 Å². The highest BCUT2D eigenvalue weighted by atomic mass is 19.1. The zero-order chi connectivity index (χ0) is 14.4. The van der Waals surface area contributed by atoms with Gasteiger partial charge < -0.3 is 5.32 Å². The van der Waals surface area contributed by atoms with Gasteiger partial charge in [-0.2, -0.15) is 0 Å².